The number of terminal acetylenes is 1. The van der Waals surface area contributed by atoms with Gasteiger partial charge in [0.15, 0.2) is 0 Å². The number of imidazole rings is 1. The largest absolute Gasteiger partial charge is 0.344 e. The summed E-state index contributed by atoms with van der Waals surface area (Å²) in [6.45, 7) is 4.62. The normalized spacial score (nSPS) is 10.0. The fourth-order valence-electron chi connectivity index (χ4n) is 1.32. The van der Waals surface area contributed by atoms with Crippen LogP contribution in [0, 0.1) is 12.3 Å². The Bertz CT molecular complexity index is 373. The van der Waals surface area contributed by atoms with E-state index in [4.69, 9.17) is 6.42 Å². The first-order valence-electron chi connectivity index (χ1n) is 4.86. The molecule has 15 heavy (non-hydrogen) atoms. The van der Waals surface area contributed by atoms with E-state index in [9.17, 15) is 4.79 Å². The predicted octanol–water partition coefficient (Wildman–Crippen LogP) is 0.756. The third-order valence-electron chi connectivity index (χ3n) is 1.97. The number of rotatable bonds is 4. The van der Waals surface area contributed by atoms with Crippen LogP contribution in [0.3, 0.4) is 0 Å². The first-order chi connectivity index (χ1) is 7.15. The van der Waals surface area contributed by atoms with Gasteiger partial charge in [-0.1, -0.05) is 19.8 Å². The van der Waals surface area contributed by atoms with Crippen LogP contribution >= 0.6 is 0 Å². The van der Waals surface area contributed by atoms with E-state index < -0.39 is 0 Å². The molecule has 1 rings (SSSR count). The molecule has 4 heteroatoms. The molecule has 0 saturated carbocycles. The first kappa shape index (κ1) is 11.3. The lowest BCUT2D eigenvalue weighted by molar-refractivity contribution is -0.121. The molecule has 0 saturated heterocycles. The van der Waals surface area contributed by atoms with Gasteiger partial charge in [-0.05, 0) is 0 Å². The molecule has 0 aromatic carbocycles. The third kappa shape index (κ3) is 3.13. The molecular weight excluding hydrogens is 190 g/mol. The molecule has 0 aliphatic rings. The van der Waals surface area contributed by atoms with Crippen molar-refractivity contribution < 1.29 is 4.79 Å². The minimum absolute atomic E-state index is 0.0900. The van der Waals surface area contributed by atoms with Crippen LogP contribution in [0.15, 0.2) is 12.4 Å². The van der Waals surface area contributed by atoms with Crippen LogP contribution in [0.1, 0.15) is 25.6 Å². The molecule has 4 nitrogen and oxygen atoms in total. The number of hydrogen-bond donors (Lipinski definition) is 1. The van der Waals surface area contributed by atoms with Crippen molar-refractivity contribution in [1.29, 1.82) is 0 Å². The topological polar surface area (TPSA) is 46.9 Å². The summed E-state index contributed by atoms with van der Waals surface area (Å²) in [6.07, 6.45) is 8.54. The second kappa shape index (κ2) is 5.20. The lowest BCUT2D eigenvalue weighted by atomic mass is 10.2. The lowest BCUT2D eigenvalue weighted by Crippen LogP contribution is -2.28. The van der Waals surface area contributed by atoms with Crippen LogP contribution < -0.4 is 5.32 Å². The van der Waals surface area contributed by atoms with Gasteiger partial charge < -0.3 is 9.88 Å². The van der Waals surface area contributed by atoms with E-state index in [1.54, 1.807) is 12.4 Å². The van der Waals surface area contributed by atoms with Gasteiger partial charge in [-0.2, -0.15) is 0 Å². The van der Waals surface area contributed by atoms with Crippen LogP contribution in [-0.4, -0.2) is 22.0 Å². The Morgan fingerprint density at radius 3 is 3.07 bits per heavy atom. The van der Waals surface area contributed by atoms with Crippen molar-refractivity contribution in [2.45, 2.75) is 26.3 Å². The van der Waals surface area contributed by atoms with Crippen LogP contribution in [0.25, 0.3) is 0 Å². The van der Waals surface area contributed by atoms with Crippen molar-refractivity contribution in [2.75, 3.05) is 6.54 Å². The van der Waals surface area contributed by atoms with E-state index in [-0.39, 0.29) is 19.0 Å². The van der Waals surface area contributed by atoms with Gasteiger partial charge in [0.1, 0.15) is 12.4 Å². The summed E-state index contributed by atoms with van der Waals surface area (Å²) in [5, 5.41) is 2.61. The molecule has 0 bridgehead atoms. The second-order valence-corrected chi connectivity index (χ2v) is 3.55. The van der Waals surface area contributed by atoms with Crippen molar-refractivity contribution in [3.8, 4) is 12.3 Å². The van der Waals surface area contributed by atoms with Gasteiger partial charge in [0.25, 0.3) is 0 Å². The molecule has 1 heterocycles. The molecule has 1 aromatic heterocycles. The molecule has 0 spiro atoms. The first-order valence-corrected chi connectivity index (χ1v) is 4.86. The molecule has 80 valence electrons. The summed E-state index contributed by atoms with van der Waals surface area (Å²) in [6, 6.07) is 0. The van der Waals surface area contributed by atoms with Crippen molar-refractivity contribution in [3.05, 3.63) is 18.2 Å². The third-order valence-corrected chi connectivity index (χ3v) is 1.97. The fraction of sp³-hybridized carbons (Fsp3) is 0.455. The maximum Gasteiger partial charge on any atom is 0.240 e. The number of carbonyl (C=O) groups excluding carboxylic acids is 1. The molecular formula is C11H15N3O. The molecule has 0 unspecified atom stereocenters. The molecule has 1 aromatic rings. The minimum atomic E-state index is -0.0900. The maximum absolute atomic E-state index is 11.4. The zero-order chi connectivity index (χ0) is 11.3. The Kier molecular flexibility index (Phi) is 3.92. The predicted molar refractivity (Wildman–Crippen MR) is 58.2 cm³/mol. The quantitative estimate of drug-likeness (QED) is 0.737. The molecule has 1 amide bonds. The number of carbonyl (C=O) groups is 1. The molecule has 1 N–H and O–H groups in total. The van der Waals surface area contributed by atoms with Gasteiger partial charge >= 0.3 is 0 Å². The van der Waals surface area contributed by atoms with Crippen LogP contribution in [-0.2, 0) is 11.3 Å². The number of aromatic nitrogens is 2. The number of nitrogens with one attached hydrogen (secondary N) is 1. The van der Waals surface area contributed by atoms with Crippen molar-refractivity contribution in [2.24, 2.45) is 0 Å². The van der Waals surface area contributed by atoms with E-state index in [1.165, 1.54) is 0 Å². The highest BCUT2D eigenvalue weighted by molar-refractivity contribution is 5.76. The van der Waals surface area contributed by atoms with E-state index in [1.807, 2.05) is 18.4 Å². The van der Waals surface area contributed by atoms with Crippen LogP contribution in [0.5, 0.6) is 0 Å². The van der Waals surface area contributed by atoms with E-state index in [0.717, 1.165) is 5.82 Å². The Balaban J connectivity index is 2.61. The molecule has 0 atom stereocenters. The molecule has 0 aliphatic carbocycles. The highest BCUT2D eigenvalue weighted by atomic mass is 16.1. The van der Waals surface area contributed by atoms with Crippen molar-refractivity contribution in [1.82, 2.24) is 14.9 Å². The molecule has 0 fully saturated rings. The van der Waals surface area contributed by atoms with Gasteiger partial charge in [0.05, 0.1) is 6.54 Å². The number of hydrogen-bond acceptors (Lipinski definition) is 2. The monoisotopic (exact) mass is 205 g/mol. The second-order valence-electron chi connectivity index (χ2n) is 3.55. The standard InChI is InChI=1S/C11H15N3O/c1-4-5-12-10(15)8-14-7-6-13-11(14)9(2)3/h1,6-7,9H,5,8H2,2-3H3,(H,12,15). The molecule has 0 radical (unpaired) electrons. The highest BCUT2D eigenvalue weighted by Crippen LogP contribution is 2.10. The zero-order valence-electron chi connectivity index (χ0n) is 9.03. The minimum Gasteiger partial charge on any atom is -0.344 e. The number of amides is 1. The van der Waals surface area contributed by atoms with Crippen LogP contribution in [0.4, 0.5) is 0 Å². The van der Waals surface area contributed by atoms with Crippen molar-refractivity contribution >= 4 is 5.91 Å². The van der Waals surface area contributed by atoms with Gasteiger partial charge in [0, 0.05) is 18.3 Å². The Morgan fingerprint density at radius 1 is 1.73 bits per heavy atom. The Hall–Kier alpha value is -1.76. The van der Waals surface area contributed by atoms with Gasteiger partial charge in [0.2, 0.25) is 5.91 Å². The van der Waals surface area contributed by atoms with Crippen molar-refractivity contribution in [3.63, 3.8) is 0 Å². The van der Waals surface area contributed by atoms with Gasteiger partial charge in [-0.25, -0.2) is 4.98 Å². The lowest BCUT2D eigenvalue weighted by Gasteiger charge is -2.09. The summed E-state index contributed by atoms with van der Waals surface area (Å²) in [7, 11) is 0. The average Bonchev–Trinajstić information content (AvgIpc) is 2.62. The Morgan fingerprint density at radius 2 is 2.47 bits per heavy atom. The average molecular weight is 205 g/mol. The van der Waals surface area contributed by atoms with E-state index in [0.29, 0.717) is 5.92 Å². The van der Waals surface area contributed by atoms with Gasteiger partial charge in [-0.3, -0.25) is 4.79 Å². The Labute approximate surface area is 89.7 Å². The number of nitrogens with zero attached hydrogens (tertiary/aromatic N) is 2. The fourth-order valence-corrected chi connectivity index (χ4v) is 1.32. The van der Waals surface area contributed by atoms with E-state index >= 15 is 0 Å². The smallest absolute Gasteiger partial charge is 0.240 e. The summed E-state index contributed by atoms with van der Waals surface area (Å²) in [5.74, 6) is 3.48. The van der Waals surface area contributed by atoms with Crippen LogP contribution in [0.2, 0.25) is 0 Å². The van der Waals surface area contributed by atoms with E-state index in [2.05, 4.69) is 16.2 Å². The summed E-state index contributed by atoms with van der Waals surface area (Å²) >= 11 is 0. The zero-order valence-corrected chi connectivity index (χ0v) is 9.03. The maximum atomic E-state index is 11.4. The summed E-state index contributed by atoms with van der Waals surface area (Å²) in [4.78, 5) is 15.6. The SMILES string of the molecule is C#CCNC(=O)Cn1ccnc1C(C)C. The molecule has 0 aliphatic heterocycles. The summed E-state index contributed by atoms with van der Waals surface area (Å²) < 4.78 is 1.83. The summed E-state index contributed by atoms with van der Waals surface area (Å²) in [5.41, 5.74) is 0. The highest BCUT2D eigenvalue weighted by Gasteiger charge is 2.09. The van der Waals surface area contributed by atoms with Gasteiger partial charge in [-0.15, -0.1) is 6.42 Å².